The quantitative estimate of drug-likeness (QED) is 0.755. The van der Waals surface area contributed by atoms with Crippen molar-refractivity contribution in [1.29, 1.82) is 0 Å². The summed E-state index contributed by atoms with van der Waals surface area (Å²) in [5.74, 6) is 1.40. The number of thiazole rings is 1. The summed E-state index contributed by atoms with van der Waals surface area (Å²) in [6, 6.07) is 1.48. The molecule has 0 spiro atoms. The number of hydrogen-bond acceptors (Lipinski definition) is 5. The summed E-state index contributed by atoms with van der Waals surface area (Å²) in [5, 5.41) is 17.0. The number of nitrogens with zero attached hydrogens (tertiary/aromatic N) is 1. The molecule has 0 aromatic carbocycles. The van der Waals surface area contributed by atoms with Crippen molar-refractivity contribution in [2.75, 3.05) is 13.1 Å². The number of hydrogen-bond donors (Lipinski definition) is 3. The summed E-state index contributed by atoms with van der Waals surface area (Å²) < 4.78 is 5.43. The number of amides is 2. The van der Waals surface area contributed by atoms with Gasteiger partial charge in [0.2, 0.25) is 0 Å². The first-order valence-electron chi connectivity index (χ1n) is 7.51. The van der Waals surface area contributed by atoms with Crippen LogP contribution < -0.4 is 10.6 Å². The van der Waals surface area contributed by atoms with Gasteiger partial charge in [-0.2, -0.15) is 0 Å². The van der Waals surface area contributed by atoms with E-state index in [2.05, 4.69) is 15.6 Å². The third-order valence-electron chi connectivity index (χ3n) is 3.51. The van der Waals surface area contributed by atoms with Crippen LogP contribution in [0.2, 0.25) is 0 Å². The van der Waals surface area contributed by atoms with Gasteiger partial charge in [0.25, 0.3) is 0 Å². The SMILES string of the molecule is Cc1cc(C(C)(O)CNC(=O)NCCc2ncc(C)s2)c(C)o1. The molecular formula is C16H23N3O3S. The average Bonchev–Trinajstić information content (AvgIpc) is 3.02. The van der Waals surface area contributed by atoms with Crippen LogP contribution in [0.15, 0.2) is 16.7 Å². The predicted octanol–water partition coefficient (Wildman–Crippen LogP) is 2.41. The van der Waals surface area contributed by atoms with Gasteiger partial charge in [0.1, 0.15) is 17.1 Å². The summed E-state index contributed by atoms with van der Waals surface area (Å²) in [4.78, 5) is 17.2. The van der Waals surface area contributed by atoms with Crippen molar-refractivity contribution in [3.63, 3.8) is 0 Å². The van der Waals surface area contributed by atoms with E-state index in [9.17, 15) is 9.90 Å². The fourth-order valence-electron chi connectivity index (χ4n) is 2.38. The number of aliphatic hydroxyl groups is 1. The van der Waals surface area contributed by atoms with Crippen LogP contribution >= 0.6 is 11.3 Å². The molecule has 7 heteroatoms. The smallest absolute Gasteiger partial charge is 0.314 e. The second kappa shape index (κ2) is 7.14. The van der Waals surface area contributed by atoms with Gasteiger partial charge in [-0.1, -0.05) is 0 Å². The molecule has 2 heterocycles. The molecule has 0 saturated carbocycles. The largest absolute Gasteiger partial charge is 0.466 e. The Bertz CT molecular complexity index is 676. The van der Waals surface area contributed by atoms with Gasteiger partial charge in [0.15, 0.2) is 0 Å². The minimum absolute atomic E-state index is 0.106. The highest BCUT2D eigenvalue weighted by Gasteiger charge is 2.28. The summed E-state index contributed by atoms with van der Waals surface area (Å²) in [6.07, 6.45) is 2.52. The lowest BCUT2D eigenvalue weighted by Gasteiger charge is -2.23. The highest BCUT2D eigenvalue weighted by molar-refractivity contribution is 7.11. The van der Waals surface area contributed by atoms with Crippen LogP contribution in [0, 0.1) is 20.8 Å². The van der Waals surface area contributed by atoms with E-state index >= 15 is 0 Å². The molecule has 1 atom stereocenters. The van der Waals surface area contributed by atoms with Crippen molar-refractivity contribution in [1.82, 2.24) is 15.6 Å². The van der Waals surface area contributed by atoms with E-state index in [-0.39, 0.29) is 12.6 Å². The van der Waals surface area contributed by atoms with Crippen molar-refractivity contribution in [2.24, 2.45) is 0 Å². The van der Waals surface area contributed by atoms with Crippen molar-refractivity contribution in [3.8, 4) is 0 Å². The molecule has 3 N–H and O–H groups in total. The van der Waals surface area contributed by atoms with Crippen LogP contribution in [0.3, 0.4) is 0 Å². The minimum atomic E-state index is -1.17. The number of nitrogens with one attached hydrogen (secondary N) is 2. The van der Waals surface area contributed by atoms with Crippen LogP contribution in [0.25, 0.3) is 0 Å². The number of urea groups is 1. The normalized spacial score (nSPS) is 13.6. The molecule has 126 valence electrons. The van der Waals surface area contributed by atoms with E-state index in [1.807, 2.05) is 20.0 Å². The number of aryl methyl sites for hydroxylation is 3. The molecule has 0 saturated heterocycles. The molecule has 0 radical (unpaired) electrons. The second-order valence-electron chi connectivity index (χ2n) is 5.82. The Balaban J connectivity index is 1.78. The Morgan fingerprint density at radius 1 is 1.39 bits per heavy atom. The maximum Gasteiger partial charge on any atom is 0.314 e. The van der Waals surface area contributed by atoms with Gasteiger partial charge >= 0.3 is 6.03 Å². The Kier molecular flexibility index (Phi) is 5.43. The van der Waals surface area contributed by atoms with Gasteiger partial charge in [0.05, 0.1) is 11.6 Å². The predicted molar refractivity (Wildman–Crippen MR) is 89.7 cm³/mol. The first-order valence-corrected chi connectivity index (χ1v) is 8.32. The van der Waals surface area contributed by atoms with Gasteiger partial charge in [-0.05, 0) is 33.8 Å². The Morgan fingerprint density at radius 3 is 2.70 bits per heavy atom. The van der Waals surface area contributed by atoms with Gasteiger partial charge in [-0.15, -0.1) is 11.3 Å². The summed E-state index contributed by atoms with van der Waals surface area (Å²) in [5.41, 5.74) is -0.487. The molecule has 2 aromatic heterocycles. The number of furan rings is 1. The number of rotatable bonds is 6. The maximum atomic E-state index is 11.8. The van der Waals surface area contributed by atoms with Gasteiger partial charge < -0.3 is 20.2 Å². The van der Waals surface area contributed by atoms with Crippen LogP contribution in [-0.2, 0) is 12.0 Å². The van der Waals surface area contributed by atoms with Crippen LogP contribution in [0.1, 0.15) is 33.9 Å². The fourth-order valence-corrected chi connectivity index (χ4v) is 3.16. The molecule has 6 nitrogen and oxygen atoms in total. The van der Waals surface area contributed by atoms with E-state index in [1.165, 1.54) is 0 Å². The minimum Gasteiger partial charge on any atom is -0.466 e. The molecular weight excluding hydrogens is 314 g/mol. The second-order valence-corrected chi connectivity index (χ2v) is 7.14. The molecule has 0 aliphatic carbocycles. The highest BCUT2D eigenvalue weighted by Crippen LogP contribution is 2.26. The molecule has 0 bridgehead atoms. The first-order chi connectivity index (χ1) is 10.8. The molecule has 0 aliphatic heterocycles. The number of carbonyl (C=O) groups is 1. The van der Waals surface area contributed by atoms with E-state index in [4.69, 9.17) is 4.42 Å². The third kappa shape index (κ3) is 4.80. The highest BCUT2D eigenvalue weighted by atomic mass is 32.1. The van der Waals surface area contributed by atoms with Crippen molar-refractivity contribution in [2.45, 2.75) is 39.7 Å². The topological polar surface area (TPSA) is 87.4 Å². The zero-order valence-corrected chi connectivity index (χ0v) is 14.7. The Labute approximate surface area is 139 Å². The van der Waals surface area contributed by atoms with Crippen molar-refractivity contribution < 1.29 is 14.3 Å². The maximum absolute atomic E-state index is 11.8. The van der Waals surface area contributed by atoms with Gasteiger partial charge in [-0.25, -0.2) is 9.78 Å². The zero-order valence-electron chi connectivity index (χ0n) is 13.9. The lowest BCUT2D eigenvalue weighted by molar-refractivity contribution is 0.0579. The monoisotopic (exact) mass is 337 g/mol. The number of aromatic nitrogens is 1. The van der Waals surface area contributed by atoms with Crippen molar-refractivity contribution in [3.05, 3.63) is 39.2 Å². The molecule has 0 fully saturated rings. The molecule has 2 aromatic rings. The van der Waals surface area contributed by atoms with Crippen LogP contribution in [0.5, 0.6) is 0 Å². The number of carbonyl (C=O) groups excluding carboxylic acids is 1. The standard InChI is InChI=1S/C16H23N3O3S/c1-10-7-13(12(3)22-10)16(4,21)9-19-15(20)17-6-5-14-18-8-11(2)23-14/h7-8,21H,5-6,9H2,1-4H3,(H2,17,19,20). The lowest BCUT2D eigenvalue weighted by Crippen LogP contribution is -2.44. The molecule has 2 amide bonds. The average molecular weight is 337 g/mol. The van der Waals surface area contributed by atoms with Crippen LogP contribution in [-0.4, -0.2) is 29.2 Å². The third-order valence-corrected chi connectivity index (χ3v) is 4.48. The zero-order chi connectivity index (χ0) is 17.0. The summed E-state index contributed by atoms with van der Waals surface area (Å²) in [6.45, 7) is 7.89. The molecule has 0 aliphatic rings. The van der Waals surface area contributed by atoms with E-state index in [1.54, 1.807) is 31.3 Å². The fraction of sp³-hybridized carbons (Fsp3) is 0.500. The van der Waals surface area contributed by atoms with E-state index < -0.39 is 5.60 Å². The first kappa shape index (κ1) is 17.5. The molecule has 23 heavy (non-hydrogen) atoms. The van der Waals surface area contributed by atoms with Gasteiger partial charge in [0, 0.05) is 29.6 Å². The summed E-state index contributed by atoms with van der Waals surface area (Å²) >= 11 is 1.62. The lowest BCUT2D eigenvalue weighted by atomic mass is 9.96. The molecule has 2 rings (SSSR count). The van der Waals surface area contributed by atoms with Gasteiger partial charge in [-0.3, -0.25) is 0 Å². The molecule has 1 unspecified atom stereocenters. The van der Waals surface area contributed by atoms with Crippen LogP contribution in [0.4, 0.5) is 4.79 Å². The summed E-state index contributed by atoms with van der Waals surface area (Å²) in [7, 11) is 0. The van der Waals surface area contributed by atoms with E-state index in [0.717, 1.165) is 15.6 Å². The Hall–Kier alpha value is -1.86. The van der Waals surface area contributed by atoms with E-state index in [0.29, 0.717) is 24.3 Å². The Morgan fingerprint density at radius 2 is 2.13 bits per heavy atom. The van der Waals surface area contributed by atoms with Crippen molar-refractivity contribution >= 4 is 17.4 Å².